The highest BCUT2D eigenvalue weighted by Gasteiger charge is 2.30. The molecule has 0 aliphatic carbocycles. The summed E-state index contributed by atoms with van der Waals surface area (Å²) in [6.07, 6.45) is 0.984. The summed E-state index contributed by atoms with van der Waals surface area (Å²) < 4.78 is 5.98. The van der Waals surface area contributed by atoms with E-state index in [-0.39, 0.29) is 18.2 Å². The van der Waals surface area contributed by atoms with Gasteiger partial charge in [-0.25, -0.2) is 5.43 Å². The van der Waals surface area contributed by atoms with Crippen LogP contribution in [-0.2, 0) is 0 Å². The molecular formula is C17H20ClN3O. The van der Waals surface area contributed by atoms with Crippen molar-refractivity contribution in [3.8, 4) is 5.75 Å². The van der Waals surface area contributed by atoms with Crippen molar-refractivity contribution in [2.75, 3.05) is 5.73 Å². The summed E-state index contributed by atoms with van der Waals surface area (Å²) in [7, 11) is 0. The Hall–Kier alpha value is -1.75. The predicted molar refractivity (Wildman–Crippen MR) is 89.8 cm³/mol. The minimum absolute atomic E-state index is 0.0414. The van der Waals surface area contributed by atoms with E-state index < -0.39 is 0 Å². The van der Waals surface area contributed by atoms with Crippen LogP contribution in [0.25, 0.3) is 0 Å². The van der Waals surface area contributed by atoms with Gasteiger partial charge in [0.05, 0.1) is 6.04 Å². The Labute approximate surface area is 135 Å². The fraction of sp³-hybridized carbons (Fsp3) is 0.294. The van der Waals surface area contributed by atoms with Gasteiger partial charge in [-0.2, -0.15) is 0 Å². The number of nitrogen functional groups attached to an aromatic ring is 1. The molecule has 2 aromatic rings. The van der Waals surface area contributed by atoms with Gasteiger partial charge in [-0.3, -0.25) is 5.43 Å². The van der Waals surface area contributed by atoms with Crippen molar-refractivity contribution in [2.45, 2.75) is 31.5 Å². The number of nitrogens with two attached hydrogens (primary N) is 1. The molecule has 4 N–H and O–H groups in total. The number of rotatable bonds is 4. The van der Waals surface area contributed by atoms with Crippen LogP contribution in [0.2, 0.25) is 5.02 Å². The first kappa shape index (κ1) is 15.2. The molecule has 0 spiro atoms. The van der Waals surface area contributed by atoms with E-state index in [0.717, 1.165) is 17.9 Å². The van der Waals surface area contributed by atoms with Gasteiger partial charge in [0.15, 0.2) is 0 Å². The van der Waals surface area contributed by atoms with Gasteiger partial charge in [-0.15, -0.1) is 0 Å². The van der Waals surface area contributed by atoms with Crippen LogP contribution in [0, 0.1) is 0 Å². The van der Waals surface area contributed by atoms with Crippen molar-refractivity contribution in [1.29, 1.82) is 0 Å². The van der Waals surface area contributed by atoms with Crippen LogP contribution in [0.4, 0.5) is 5.69 Å². The number of hydrogen-bond donors (Lipinski definition) is 3. The number of benzene rings is 2. The summed E-state index contributed by atoms with van der Waals surface area (Å²) in [5.74, 6) is 0.825. The van der Waals surface area contributed by atoms with E-state index in [1.807, 2.05) is 42.5 Å². The number of hydrazine groups is 1. The van der Waals surface area contributed by atoms with Crippen LogP contribution >= 0.6 is 11.6 Å². The molecule has 0 radical (unpaired) electrons. The second-order valence-corrected chi connectivity index (χ2v) is 6.07. The quantitative estimate of drug-likeness (QED) is 0.757. The maximum atomic E-state index is 5.98. The first-order chi connectivity index (χ1) is 10.6. The van der Waals surface area contributed by atoms with Crippen LogP contribution in [0.15, 0.2) is 48.5 Å². The molecule has 116 valence electrons. The van der Waals surface area contributed by atoms with Gasteiger partial charge in [0.2, 0.25) is 0 Å². The maximum Gasteiger partial charge on any atom is 0.119 e. The van der Waals surface area contributed by atoms with Crippen molar-refractivity contribution < 1.29 is 4.74 Å². The third kappa shape index (κ3) is 3.53. The minimum atomic E-state index is 0.0414. The van der Waals surface area contributed by atoms with E-state index in [1.165, 1.54) is 5.56 Å². The number of halogens is 1. The lowest BCUT2D eigenvalue weighted by atomic mass is 9.99. The van der Waals surface area contributed by atoms with Crippen LogP contribution in [0.3, 0.4) is 0 Å². The van der Waals surface area contributed by atoms with Crippen molar-refractivity contribution in [3.05, 3.63) is 59.1 Å². The summed E-state index contributed by atoms with van der Waals surface area (Å²) in [6, 6.07) is 15.9. The fourth-order valence-corrected chi connectivity index (χ4v) is 2.82. The molecule has 4 nitrogen and oxygen atoms in total. The Morgan fingerprint density at radius 2 is 1.95 bits per heavy atom. The fourth-order valence-electron chi connectivity index (χ4n) is 2.69. The monoisotopic (exact) mass is 317 g/mol. The van der Waals surface area contributed by atoms with Crippen LogP contribution in [-0.4, -0.2) is 12.1 Å². The summed E-state index contributed by atoms with van der Waals surface area (Å²) in [4.78, 5) is 0. The van der Waals surface area contributed by atoms with Gasteiger partial charge in [0, 0.05) is 16.8 Å². The Kier molecular flexibility index (Phi) is 4.52. The third-order valence-electron chi connectivity index (χ3n) is 3.95. The lowest BCUT2D eigenvalue weighted by molar-refractivity contribution is 0.176. The highest BCUT2D eigenvalue weighted by molar-refractivity contribution is 6.30. The molecule has 1 fully saturated rings. The van der Waals surface area contributed by atoms with Crippen molar-refractivity contribution in [2.24, 2.45) is 0 Å². The molecule has 0 bridgehead atoms. The Balaban J connectivity index is 1.61. The van der Waals surface area contributed by atoms with Crippen molar-refractivity contribution in [3.63, 3.8) is 0 Å². The zero-order valence-electron chi connectivity index (χ0n) is 12.4. The molecule has 2 aromatic carbocycles. The molecule has 1 aliphatic rings. The largest absolute Gasteiger partial charge is 0.489 e. The predicted octanol–water partition coefficient (Wildman–Crippen LogP) is 3.30. The third-order valence-corrected chi connectivity index (χ3v) is 4.20. The standard InChI is InChI=1S/C17H20ClN3O/c1-11(22-15-7-5-13(18)6-8-15)16-10-17(21-20-16)12-3-2-4-14(19)9-12/h2-9,11,16-17,20-21H,10,19H2,1H3. The molecule has 3 atom stereocenters. The normalized spacial score (nSPS) is 22.5. The number of hydrogen-bond acceptors (Lipinski definition) is 4. The van der Waals surface area contributed by atoms with Crippen LogP contribution in [0.5, 0.6) is 5.75 Å². The van der Waals surface area contributed by atoms with E-state index in [9.17, 15) is 0 Å². The Morgan fingerprint density at radius 3 is 2.68 bits per heavy atom. The van der Waals surface area contributed by atoms with Crippen LogP contribution in [0.1, 0.15) is 24.9 Å². The van der Waals surface area contributed by atoms with E-state index in [4.69, 9.17) is 22.1 Å². The molecule has 0 saturated carbocycles. The van der Waals surface area contributed by atoms with Gasteiger partial charge in [-0.05, 0) is 55.3 Å². The Bertz CT molecular complexity index is 632. The number of nitrogens with one attached hydrogen (secondary N) is 2. The molecule has 0 amide bonds. The molecule has 22 heavy (non-hydrogen) atoms. The smallest absolute Gasteiger partial charge is 0.119 e. The Morgan fingerprint density at radius 1 is 1.18 bits per heavy atom. The van der Waals surface area contributed by atoms with E-state index in [1.54, 1.807) is 0 Å². The lowest BCUT2D eigenvalue weighted by Crippen LogP contribution is -2.40. The average molecular weight is 318 g/mol. The highest BCUT2D eigenvalue weighted by atomic mass is 35.5. The molecule has 0 aromatic heterocycles. The molecule has 3 unspecified atom stereocenters. The van der Waals surface area contributed by atoms with Gasteiger partial charge < -0.3 is 10.5 Å². The maximum absolute atomic E-state index is 5.98. The van der Waals surface area contributed by atoms with E-state index in [0.29, 0.717) is 5.02 Å². The zero-order chi connectivity index (χ0) is 15.5. The molecule has 1 saturated heterocycles. The topological polar surface area (TPSA) is 59.3 Å². The van der Waals surface area contributed by atoms with Gasteiger partial charge >= 0.3 is 0 Å². The van der Waals surface area contributed by atoms with E-state index in [2.05, 4.69) is 23.8 Å². The molecule has 1 aliphatic heterocycles. The lowest BCUT2D eigenvalue weighted by Gasteiger charge is -2.20. The SMILES string of the molecule is CC(Oc1ccc(Cl)cc1)C1CC(c2cccc(N)c2)NN1. The van der Waals surface area contributed by atoms with Crippen molar-refractivity contribution in [1.82, 2.24) is 10.9 Å². The van der Waals surface area contributed by atoms with E-state index >= 15 is 0 Å². The second kappa shape index (κ2) is 6.57. The number of anilines is 1. The highest BCUT2D eigenvalue weighted by Crippen LogP contribution is 2.26. The van der Waals surface area contributed by atoms with Gasteiger partial charge in [-0.1, -0.05) is 23.7 Å². The number of ether oxygens (including phenoxy) is 1. The first-order valence-electron chi connectivity index (χ1n) is 7.40. The summed E-state index contributed by atoms with van der Waals surface area (Å²) in [5.41, 5.74) is 14.5. The second-order valence-electron chi connectivity index (χ2n) is 5.63. The average Bonchev–Trinajstić information content (AvgIpc) is 3.00. The van der Waals surface area contributed by atoms with Gasteiger partial charge in [0.25, 0.3) is 0 Å². The van der Waals surface area contributed by atoms with Crippen molar-refractivity contribution >= 4 is 17.3 Å². The molecule has 5 heteroatoms. The zero-order valence-corrected chi connectivity index (χ0v) is 13.2. The van der Waals surface area contributed by atoms with Crippen LogP contribution < -0.4 is 21.3 Å². The molecular weight excluding hydrogens is 298 g/mol. The molecule has 1 heterocycles. The molecule has 3 rings (SSSR count). The van der Waals surface area contributed by atoms with Gasteiger partial charge in [0.1, 0.15) is 11.9 Å². The minimum Gasteiger partial charge on any atom is -0.489 e. The summed E-state index contributed by atoms with van der Waals surface area (Å²) >= 11 is 5.89. The first-order valence-corrected chi connectivity index (χ1v) is 7.78. The summed E-state index contributed by atoms with van der Waals surface area (Å²) in [6.45, 7) is 2.07. The summed E-state index contributed by atoms with van der Waals surface area (Å²) in [5, 5.41) is 0.711.